The van der Waals surface area contributed by atoms with Crippen LogP contribution in [0.15, 0.2) is 35.5 Å². The van der Waals surface area contributed by atoms with Crippen molar-refractivity contribution in [3.05, 3.63) is 69.6 Å². The van der Waals surface area contributed by atoms with Crippen LogP contribution in [0.1, 0.15) is 26.3 Å². The first kappa shape index (κ1) is 20.1. The summed E-state index contributed by atoms with van der Waals surface area (Å²) in [6, 6.07) is 0. The van der Waals surface area contributed by atoms with Crippen molar-refractivity contribution in [3.8, 4) is 0 Å². The summed E-state index contributed by atoms with van der Waals surface area (Å²) < 4.78 is 112. The number of alkyl halides is 1. The Morgan fingerprint density at radius 3 is 1.52 bits per heavy atom. The summed E-state index contributed by atoms with van der Waals surface area (Å²) in [5, 5.41) is 17.8. The fourth-order valence-corrected chi connectivity index (χ4v) is 2.38. The Morgan fingerprint density at radius 1 is 0.741 bits per heavy atom. The Bertz CT molecular complexity index is 964. The average molecular weight is 400 g/mol. The van der Waals surface area contributed by atoms with Gasteiger partial charge in [0.15, 0.2) is 40.8 Å². The third-order valence-electron chi connectivity index (χ3n) is 3.62. The number of benzene rings is 1. The largest absolute Gasteiger partial charge is 0.478 e. The van der Waals surface area contributed by atoms with Crippen LogP contribution in [0.25, 0.3) is 0 Å². The molecule has 1 aromatic rings. The van der Waals surface area contributed by atoms with Crippen molar-refractivity contribution >= 4 is 11.9 Å². The molecule has 0 saturated carbocycles. The number of hydrogen-bond acceptors (Lipinski definition) is 2. The summed E-state index contributed by atoms with van der Waals surface area (Å²) in [4.78, 5) is 22.2. The van der Waals surface area contributed by atoms with E-state index in [1.165, 1.54) is 0 Å². The summed E-state index contributed by atoms with van der Waals surface area (Å²) in [7, 11) is 0. The predicted molar refractivity (Wildman–Crippen MR) is 70.6 cm³/mol. The number of allylic oxidation sites excluding steroid dienone is 5. The monoisotopic (exact) mass is 400 g/mol. The molecule has 0 aliphatic heterocycles. The first-order valence-corrected chi connectivity index (χ1v) is 6.47. The fourth-order valence-electron chi connectivity index (χ4n) is 2.38. The summed E-state index contributed by atoms with van der Waals surface area (Å²) in [6.45, 7) is 2.54. The molecule has 2 N–H and O–H groups in total. The zero-order valence-electron chi connectivity index (χ0n) is 12.4. The van der Waals surface area contributed by atoms with Gasteiger partial charge in [-0.3, -0.25) is 0 Å². The van der Waals surface area contributed by atoms with Gasteiger partial charge < -0.3 is 10.2 Å². The number of carboxylic acids is 2. The average Bonchev–Trinajstić information content (AvgIpc) is 2.60. The van der Waals surface area contributed by atoms with E-state index in [1.54, 1.807) is 0 Å². The molecule has 0 radical (unpaired) electrons. The van der Waals surface area contributed by atoms with Crippen LogP contribution < -0.4 is 0 Å². The van der Waals surface area contributed by atoms with Gasteiger partial charge >= 0.3 is 11.9 Å². The standard InChI is InChI=1S/C15H4F8O4/c1-2-6(16)11(21)15(23,12(22)7(2)17)5-3(13(24)25)4(14(26)27)8(18)10(20)9(5)19/h1H2,(H,24,25)(H,26,27). The van der Waals surface area contributed by atoms with E-state index in [0.29, 0.717) is 0 Å². The Labute approximate surface area is 143 Å². The highest BCUT2D eigenvalue weighted by molar-refractivity contribution is 6.03. The summed E-state index contributed by atoms with van der Waals surface area (Å²) in [5.74, 6) is -24.6. The Morgan fingerprint density at radius 2 is 1.15 bits per heavy atom. The molecular formula is C15H4F8O4. The molecule has 1 aliphatic carbocycles. The number of aromatic carboxylic acids is 2. The van der Waals surface area contributed by atoms with E-state index in [0.717, 1.165) is 0 Å². The van der Waals surface area contributed by atoms with E-state index in [-0.39, 0.29) is 0 Å². The molecule has 1 aromatic carbocycles. The number of rotatable bonds is 3. The van der Waals surface area contributed by atoms with Gasteiger partial charge in [-0.25, -0.2) is 44.7 Å². The fraction of sp³-hybridized carbons (Fsp3) is 0.0667. The molecule has 144 valence electrons. The molecule has 0 unspecified atom stereocenters. The molecule has 4 nitrogen and oxygen atoms in total. The van der Waals surface area contributed by atoms with Crippen LogP contribution in [0.2, 0.25) is 0 Å². The van der Waals surface area contributed by atoms with Gasteiger partial charge in [-0.05, 0) is 0 Å². The van der Waals surface area contributed by atoms with Crippen LogP contribution in [-0.4, -0.2) is 22.2 Å². The maximum atomic E-state index is 15.0. The lowest BCUT2D eigenvalue weighted by atomic mass is 9.82. The maximum absolute atomic E-state index is 15.0. The number of halogens is 8. The van der Waals surface area contributed by atoms with Gasteiger partial charge in [0.1, 0.15) is 5.56 Å². The van der Waals surface area contributed by atoms with E-state index in [1.807, 2.05) is 0 Å². The lowest BCUT2D eigenvalue weighted by Gasteiger charge is -2.29. The summed E-state index contributed by atoms with van der Waals surface area (Å²) in [6.07, 6.45) is 0. The van der Waals surface area contributed by atoms with Crippen molar-refractivity contribution in [3.63, 3.8) is 0 Å². The van der Waals surface area contributed by atoms with Crippen LogP contribution in [0.4, 0.5) is 35.1 Å². The SMILES string of the molecule is C=C1C(F)=C(F)C(F)(c2c(F)c(F)c(F)c(C(=O)O)c2C(=O)O)C(F)=C1F. The topological polar surface area (TPSA) is 74.6 Å². The minimum atomic E-state index is -5.08. The highest BCUT2D eigenvalue weighted by Crippen LogP contribution is 2.53. The van der Waals surface area contributed by atoms with E-state index >= 15 is 4.39 Å². The van der Waals surface area contributed by atoms with E-state index in [9.17, 15) is 40.3 Å². The maximum Gasteiger partial charge on any atom is 0.339 e. The van der Waals surface area contributed by atoms with Crippen molar-refractivity contribution in [2.45, 2.75) is 5.67 Å². The van der Waals surface area contributed by atoms with Gasteiger partial charge in [-0.1, -0.05) is 6.58 Å². The molecule has 0 amide bonds. The van der Waals surface area contributed by atoms with Crippen LogP contribution in [0.5, 0.6) is 0 Å². The number of carbonyl (C=O) groups is 2. The van der Waals surface area contributed by atoms with Crippen LogP contribution in [0, 0.1) is 17.5 Å². The molecule has 0 saturated heterocycles. The second kappa shape index (κ2) is 6.21. The van der Waals surface area contributed by atoms with Crippen molar-refractivity contribution in [2.24, 2.45) is 0 Å². The van der Waals surface area contributed by atoms with Gasteiger partial charge in [0.25, 0.3) is 0 Å². The molecule has 0 spiro atoms. The van der Waals surface area contributed by atoms with Gasteiger partial charge in [-0.2, -0.15) is 0 Å². The Balaban J connectivity index is 3.18. The molecule has 0 atom stereocenters. The lowest BCUT2D eigenvalue weighted by molar-refractivity contribution is 0.0636. The van der Waals surface area contributed by atoms with E-state index in [2.05, 4.69) is 6.58 Å². The molecule has 12 heteroatoms. The Hall–Kier alpha value is -3.18. The van der Waals surface area contributed by atoms with Crippen molar-refractivity contribution < 1.29 is 54.9 Å². The van der Waals surface area contributed by atoms with Gasteiger partial charge in [-0.15, -0.1) is 0 Å². The molecular weight excluding hydrogens is 396 g/mol. The van der Waals surface area contributed by atoms with Crippen LogP contribution in [0.3, 0.4) is 0 Å². The van der Waals surface area contributed by atoms with Crippen molar-refractivity contribution in [1.82, 2.24) is 0 Å². The minimum absolute atomic E-state index is 1.67. The van der Waals surface area contributed by atoms with E-state index in [4.69, 9.17) is 10.2 Å². The molecule has 0 aromatic heterocycles. The normalized spacial score (nSPS) is 16.8. The first-order chi connectivity index (χ1) is 12.3. The minimum Gasteiger partial charge on any atom is -0.478 e. The number of carboxylic acid groups (broad SMARTS) is 2. The highest BCUT2D eigenvalue weighted by Gasteiger charge is 2.56. The summed E-state index contributed by atoms with van der Waals surface area (Å²) in [5.41, 5.74) is -13.9. The lowest BCUT2D eigenvalue weighted by Crippen LogP contribution is -2.33. The number of hydrogen-bond donors (Lipinski definition) is 2. The van der Waals surface area contributed by atoms with Gasteiger partial charge in [0.05, 0.1) is 11.1 Å². The van der Waals surface area contributed by atoms with Gasteiger partial charge in [0.2, 0.25) is 5.67 Å². The van der Waals surface area contributed by atoms with Crippen LogP contribution in [-0.2, 0) is 5.67 Å². The molecule has 0 heterocycles. The zero-order valence-corrected chi connectivity index (χ0v) is 12.4. The second-order valence-electron chi connectivity index (χ2n) is 5.07. The van der Waals surface area contributed by atoms with Crippen LogP contribution >= 0.6 is 0 Å². The van der Waals surface area contributed by atoms with Crippen molar-refractivity contribution in [2.75, 3.05) is 0 Å². The zero-order chi connectivity index (χ0) is 21.0. The molecule has 0 fully saturated rings. The molecule has 2 rings (SSSR count). The second-order valence-corrected chi connectivity index (χ2v) is 5.07. The predicted octanol–water partition coefficient (Wildman–Crippen LogP) is 4.54. The Kier molecular flexibility index (Phi) is 4.63. The quantitative estimate of drug-likeness (QED) is 0.577. The van der Waals surface area contributed by atoms with Crippen molar-refractivity contribution in [1.29, 1.82) is 0 Å². The highest BCUT2D eigenvalue weighted by atomic mass is 19.2. The first-order valence-electron chi connectivity index (χ1n) is 6.47. The van der Waals surface area contributed by atoms with E-state index < -0.39 is 80.6 Å². The molecule has 27 heavy (non-hydrogen) atoms. The smallest absolute Gasteiger partial charge is 0.339 e. The third-order valence-corrected chi connectivity index (χ3v) is 3.62. The summed E-state index contributed by atoms with van der Waals surface area (Å²) >= 11 is 0. The molecule has 1 aliphatic rings. The van der Waals surface area contributed by atoms with Gasteiger partial charge in [0, 0.05) is 5.57 Å². The third kappa shape index (κ3) is 2.51. The molecule has 0 bridgehead atoms.